The van der Waals surface area contributed by atoms with Crippen molar-refractivity contribution in [3.05, 3.63) is 41.5 Å². The molecule has 2 unspecified atom stereocenters. The van der Waals surface area contributed by atoms with Crippen molar-refractivity contribution >= 4 is 6.08 Å². The Hall–Kier alpha value is -1.12. The summed E-state index contributed by atoms with van der Waals surface area (Å²) in [6, 6.07) is 10.4. The first kappa shape index (κ1) is 14.3. The molecule has 19 heavy (non-hydrogen) atoms. The van der Waals surface area contributed by atoms with Crippen molar-refractivity contribution < 1.29 is 9.47 Å². The third kappa shape index (κ3) is 4.48. The SMILES string of the molecule is CCCCCC(=Cc1ccccc1)C1OCC(C)O1. The van der Waals surface area contributed by atoms with Gasteiger partial charge in [0.2, 0.25) is 0 Å². The molecule has 0 bridgehead atoms. The van der Waals surface area contributed by atoms with Gasteiger partial charge < -0.3 is 9.47 Å². The van der Waals surface area contributed by atoms with Gasteiger partial charge >= 0.3 is 0 Å². The summed E-state index contributed by atoms with van der Waals surface area (Å²) in [6.45, 7) is 4.99. The van der Waals surface area contributed by atoms with Crippen LogP contribution in [0.5, 0.6) is 0 Å². The lowest BCUT2D eigenvalue weighted by molar-refractivity contribution is -0.0267. The van der Waals surface area contributed by atoms with Crippen molar-refractivity contribution in [3.63, 3.8) is 0 Å². The van der Waals surface area contributed by atoms with Gasteiger partial charge in [-0.05, 0) is 30.9 Å². The van der Waals surface area contributed by atoms with Gasteiger partial charge in [0.15, 0.2) is 6.29 Å². The van der Waals surface area contributed by atoms with Crippen LogP contribution in [0.3, 0.4) is 0 Å². The molecule has 0 aliphatic carbocycles. The van der Waals surface area contributed by atoms with Crippen LogP contribution in [0, 0.1) is 0 Å². The fraction of sp³-hybridized carbons (Fsp3) is 0.529. The Morgan fingerprint density at radius 2 is 2.05 bits per heavy atom. The van der Waals surface area contributed by atoms with Crippen molar-refractivity contribution in [2.45, 2.75) is 51.9 Å². The van der Waals surface area contributed by atoms with Gasteiger partial charge in [-0.15, -0.1) is 0 Å². The first-order valence-corrected chi connectivity index (χ1v) is 7.32. The minimum atomic E-state index is -0.146. The highest BCUT2D eigenvalue weighted by Gasteiger charge is 2.25. The Balaban J connectivity index is 2.07. The van der Waals surface area contributed by atoms with E-state index in [4.69, 9.17) is 9.47 Å². The van der Waals surface area contributed by atoms with E-state index in [2.05, 4.69) is 44.2 Å². The molecule has 1 aliphatic heterocycles. The van der Waals surface area contributed by atoms with Gasteiger partial charge in [-0.3, -0.25) is 0 Å². The Bertz CT molecular complexity index is 397. The highest BCUT2D eigenvalue weighted by Crippen LogP contribution is 2.25. The number of benzene rings is 1. The van der Waals surface area contributed by atoms with E-state index < -0.39 is 0 Å². The third-order valence-corrected chi connectivity index (χ3v) is 3.36. The number of ether oxygens (including phenoxy) is 2. The maximum Gasteiger partial charge on any atom is 0.180 e. The molecule has 1 fully saturated rings. The Morgan fingerprint density at radius 3 is 2.68 bits per heavy atom. The molecule has 0 spiro atoms. The molecular formula is C17H24O2. The quantitative estimate of drug-likeness (QED) is 0.705. The minimum Gasteiger partial charge on any atom is -0.346 e. The molecule has 2 nitrogen and oxygen atoms in total. The van der Waals surface area contributed by atoms with E-state index in [9.17, 15) is 0 Å². The molecule has 1 aromatic rings. The molecule has 1 saturated heterocycles. The van der Waals surface area contributed by atoms with E-state index in [1.807, 2.05) is 6.07 Å². The second kappa shape index (κ2) is 7.46. The molecule has 0 saturated carbocycles. The zero-order chi connectivity index (χ0) is 13.5. The molecule has 104 valence electrons. The molecule has 2 heteroatoms. The van der Waals surface area contributed by atoms with Gasteiger partial charge in [0.25, 0.3) is 0 Å². The van der Waals surface area contributed by atoms with Gasteiger partial charge in [-0.2, -0.15) is 0 Å². The van der Waals surface area contributed by atoms with Crippen molar-refractivity contribution in [2.75, 3.05) is 6.61 Å². The van der Waals surface area contributed by atoms with Gasteiger partial charge in [0, 0.05) is 0 Å². The molecular weight excluding hydrogens is 236 g/mol. The van der Waals surface area contributed by atoms with Crippen molar-refractivity contribution in [3.8, 4) is 0 Å². The standard InChI is InChI=1S/C17H24O2/c1-3-4-6-11-16(17-18-13-14(2)19-17)12-15-9-7-5-8-10-15/h5,7-10,12,14,17H,3-4,6,11,13H2,1-2H3. The molecule has 2 rings (SSSR count). The minimum absolute atomic E-state index is 0.146. The second-order valence-corrected chi connectivity index (χ2v) is 5.20. The van der Waals surface area contributed by atoms with Crippen LogP contribution in [0.15, 0.2) is 35.9 Å². The topological polar surface area (TPSA) is 18.5 Å². The Kier molecular flexibility index (Phi) is 5.62. The molecule has 0 amide bonds. The van der Waals surface area contributed by atoms with Crippen LogP contribution in [0.2, 0.25) is 0 Å². The summed E-state index contributed by atoms with van der Waals surface area (Å²) in [4.78, 5) is 0. The van der Waals surface area contributed by atoms with E-state index in [-0.39, 0.29) is 12.4 Å². The summed E-state index contributed by atoms with van der Waals surface area (Å²) >= 11 is 0. The first-order chi connectivity index (χ1) is 9.29. The maximum absolute atomic E-state index is 5.84. The van der Waals surface area contributed by atoms with Gasteiger partial charge in [0.05, 0.1) is 12.7 Å². The van der Waals surface area contributed by atoms with E-state index in [1.54, 1.807) is 0 Å². The average molecular weight is 260 g/mol. The van der Waals surface area contributed by atoms with E-state index in [1.165, 1.54) is 30.4 Å². The van der Waals surface area contributed by atoms with Crippen LogP contribution in [0.25, 0.3) is 6.08 Å². The smallest absolute Gasteiger partial charge is 0.180 e. The molecule has 2 atom stereocenters. The van der Waals surface area contributed by atoms with Crippen molar-refractivity contribution in [2.24, 2.45) is 0 Å². The summed E-state index contributed by atoms with van der Waals surface area (Å²) < 4.78 is 11.6. The highest BCUT2D eigenvalue weighted by atomic mass is 16.7. The fourth-order valence-corrected chi connectivity index (χ4v) is 2.31. The van der Waals surface area contributed by atoms with Crippen LogP contribution in [0.1, 0.15) is 45.1 Å². The first-order valence-electron chi connectivity index (χ1n) is 7.32. The predicted octanol–water partition coefficient (Wildman–Crippen LogP) is 4.41. The molecule has 1 heterocycles. The summed E-state index contributed by atoms with van der Waals surface area (Å²) in [7, 11) is 0. The predicted molar refractivity (Wildman–Crippen MR) is 78.8 cm³/mol. The normalized spacial score (nSPS) is 23.8. The molecule has 0 aromatic heterocycles. The highest BCUT2D eigenvalue weighted by molar-refractivity contribution is 5.53. The average Bonchev–Trinajstić information content (AvgIpc) is 2.86. The van der Waals surface area contributed by atoms with Crippen LogP contribution >= 0.6 is 0 Å². The molecule has 0 N–H and O–H groups in total. The lowest BCUT2D eigenvalue weighted by Crippen LogP contribution is -2.13. The van der Waals surface area contributed by atoms with Crippen molar-refractivity contribution in [1.82, 2.24) is 0 Å². The summed E-state index contributed by atoms with van der Waals surface area (Å²) in [6.07, 6.45) is 7.03. The van der Waals surface area contributed by atoms with E-state index >= 15 is 0 Å². The zero-order valence-corrected chi connectivity index (χ0v) is 12.0. The largest absolute Gasteiger partial charge is 0.346 e. The van der Waals surface area contributed by atoms with Gasteiger partial charge in [0.1, 0.15) is 0 Å². The van der Waals surface area contributed by atoms with Crippen molar-refractivity contribution in [1.29, 1.82) is 0 Å². The van der Waals surface area contributed by atoms with Gasteiger partial charge in [-0.25, -0.2) is 0 Å². The monoisotopic (exact) mass is 260 g/mol. The van der Waals surface area contributed by atoms with Crippen LogP contribution < -0.4 is 0 Å². The third-order valence-electron chi connectivity index (χ3n) is 3.36. The van der Waals surface area contributed by atoms with Crippen LogP contribution in [-0.4, -0.2) is 19.0 Å². The van der Waals surface area contributed by atoms with E-state index in [0.717, 1.165) is 6.42 Å². The number of rotatable bonds is 6. The fourth-order valence-electron chi connectivity index (χ4n) is 2.31. The van der Waals surface area contributed by atoms with Crippen LogP contribution in [-0.2, 0) is 9.47 Å². The lowest BCUT2D eigenvalue weighted by Gasteiger charge is -2.15. The number of unbranched alkanes of at least 4 members (excludes halogenated alkanes) is 2. The zero-order valence-electron chi connectivity index (χ0n) is 12.0. The summed E-state index contributed by atoms with van der Waals surface area (Å²) in [5, 5.41) is 0. The Morgan fingerprint density at radius 1 is 1.26 bits per heavy atom. The summed E-state index contributed by atoms with van der Waals surface area (Å²) in [5.41, 5.74) is 2.49. The number of hydrogen-bond donors (Lipinski definition) is 0. The Labute approximate surface area is 116 Å². The molecule has 0 radical (unpaired) electrons. The van der Waals surface area contributed by atoms with E-state index in [0.29, 0.717) is 6.61 Å². The maximum atomic E-state index is 5.84. The van der Waals surface area contributed by atoms with Gasteiger partial charge in [-0.1, -0.05) is 56.2 Å². The second-order valence-electron chi connectivity index (χ2n) is 5.20. The lowest BCUT2D eigenvalue weighted by atomic mass is 10.0. The molecule has 1 aliphatic rings. The number of hydrogen-bond acceptors (Lipinski definition) is 2. The van der Waals surface area contributed by atoms with Crippen LogP contribution in [0.4, 0.5) is 0 Å². The molecule has 1 aromatic carbocycles. The summed E-state index contributed by atoms with van der Waals surface area (Å²) in [5.74, 6) is 0.